The molecular formula is C5H4F8O12S4. The highest BCUT2D eigenvalue weighted by Crippen LogP contribution is 2.61. The molecule has 24 heteroatoms. The van der Waals surface area contributed by atoms with Crippen LogP contribution in [0.1, 0.15) is 0 Å². The number of halogens is 8. The van der Waals surface area contributed by atoms with E-state index in [1.54, 1.807) is 0 Å². The summed E-state index contributed by atoms with van der Waals surface area (Å²) in [5.41, 5.74) is 0. The first-order valence-electron chi connectivity index (χ1n) is 5.39. The molecule has 0 aliphatic rings. The van der Waals surface area contributed by atoms with E-state index in [-0.39, 0.29) is 0 Å². The molecule has 0 aliphatic heterocycles. The van der Waals surface area contributed by atoms with Gasteiger partial charge in [0.05, 0.1) is 0 Å². The molecule has 176 valence electrons. The van der Waals surface area contributed by atoms with Crippen LogP contribution in [0.2, 0.25) is 0 Å². The third-order valence-corrected chi connectivity index (χ3v) is 8.79. The molecule has 0 radical (unpaired) electrons. The molecule has 0 aliphatic carbocycles. The van der Waals surface area contributed by atoms with E-state index in [1.807, 2.05) is 0 Å². The summed E-state index contributed by atoms with van der Waals surface area (Å²) in [6, 6.07) is 0. The molecule has 0 spiro atoms. The molecule has 12 nitrogen and oxygen atoms in total. The minimum atomic E-state index is -8.53. The van der Waals surface area contributed by atoms with Gasteiger partial charge < -0.3 is 0 Å². The molecule has 0 aromatic rings. The van der Waals surface area contributed by atoms with E-state index in [9.17, 15) is 68.8 Å². The van der Waals surface area contributed by atoms with Gasteiger partial charge in [-0.3, -0.25) is 18.2 Å². The summed E-state index contributed by atoms with van der Waals surface area (Å²) < 4.78 is 219. The summed E-state index contributed by atoms with van der Waals surface area (Å²) in [6.45, 7) is 0. The maximum atomic E-state index is 14.0. The minimum Gasteiger partial charge on any atom is -0.284 e. The lowest BCUT2D eigenvalue weighted by molar-refractivity contribution is -0.296. The van der Waals surface area contributed by atoms with Crippen molar-refractivity contribution in [2.24, 2.45) is 0 Å². The van der Waals surface area contributed by atoms with Crippen molar-refractivity contribution in [1.82, 2.24) is 0 Å². The fourth-order valence-electron chi connectivity index (χ4n) is 1.66. The van der Waals surface area contributed by atoms with E-state index in [1.165, 1.54) is 0 Å². The van der Waals surface area contributed by atoms with Crippen LogP contribution in [0.15, 0.2) is 0 Å². The Bertz CT molecular complexity index is 1070. The summed E-state index contributed by atoms with van der Waals surface area (Å²) in [6.07, 6.45) is 0. The van der Waals surface area contributed by atoms with Crippen molar-refractivity contribution in [2.75, 3.05) is 0 Å². The molecule has 29 heavy (non-hydrogen) atoms. The first-order chi connectivity index (χ1) is 12.0. The second kappa shape index (κ2) is 6.54. The Labute approximate surface area is 154 Å². The SMILES string of the molecule is O=S(=O)(O)C(F)(F)C(F)(F)C(F)(F)C(C(F)(F)S(=O)(=O)O)(S(=O)(=O)O)S(=O)(=O)O. The van der Waals surface area contributed by atoms with Gasteiger partial charge in [0.1, 0.15) is 0 Å². The van der Waals surface area contributed by atoms with Crippen molar-refractivity contribution >= 4 is 40.5 Å². The van der Waals surface area contributed by atoms with Crippen molar-refractivity contribution < 1.29 is 87.0 Å². The third-order valence-electron chi connectivity index (χ3n) is 2.93. The topological polar surface area (TPSA) is 217 Å². The van der Waals surface area contributed by atoms with Crippen molar-refractivity contribution in [3.63, 3.8) is 0 Å². The largest absolute Gasteiger partial charge is 0.438 e. The summed E-state index contributed by atoms with van der Waals surface area (Å²) in [5.74, 6) is -16.9. The molecule has 0 saturated carbocycles. The predicted octanol–water partition coefficient (Wildman–Crippen LogP) is -0.310. The fraction of sp³-hybridized carbons (Fsp3) is 1.00. The van der Waals surface area contributed by atoms with Gasteiger partial charge in [-0.25, -0.2) is 0 Å². The predicted molar refractivity (Wildman–Crippen MR) is 68.7 cm³/mol. The van der Waals surface area contributed by atoms with Crippen LogP contribution in [0.25, 0.3) is 0 Å². The Balaban J connectivity index is 8.19. The molecule has 0 atom stereocenters. The highest BCUT2D eigenvalue weighted by Gasteiger charge is 2.97. The van der Waals surface area contributed by atoms with Crippen LogP contribution >= 0.6 is 0 Å². The van der Waals surface area contributed by atoms with Gasteiger partial charge in [-0.05, 0) is 0 Å². The Morgan fingerprint density at radius 3 is 0.828 bits per heavy atom. The lowest BCUT2D eigenvalue weighted by atomic mass is 10.1. The van der Waals surface area contributed by atoms with Gasteiger partial charge in [0, 0.05) is 0 Å². The highest BCUT2D eigenvalue weighted by molar-refractivity contribution is 8.07. The van der Waals surface area contributed by atoms with Gasteiger partial charge in [-0.2, -0.15) is 68.8 Å². The van der Waals surface area contributed by atoms with E-state index in [0.29, 0.717) is 0 Å². The van der Waals surface area contributed by atoms with E-state index in [2.05, 4.69) is 0 Å². The van der Waals surface area contributed by atoms with Crippen LogP contribution in [0.5, 0.6) is 0 Å². The van der Waals surface area contributed by atoms with Gasteiger partial charge >= 0.3 is 66.9 Å². The first-order valence-corrected chi connectivity index (χ1v) is 11.2. The second-order valence-corrected chi connectivity index (χ2v) is 11.0. The Morgan fingerprint density at radius 1 is 0.414 bits per heavy atom. The maximum Gasteiger partial charge on any atom is 0.438 e. The van der Waals surface area contributed by atoms with Crippen LogP contribution in [0.3, 0.4) is 0 Å². The molecule has 0 bridgehead atoms. The van der Waals surface area contributed by atoms with Crippen molar-refractivity contribution in [3.8, 4) is 0 Å². The zero-order chi connectivity index (χ0) is 24.5. The quantitative estimate of drug-likeness (QED) is 0.232. The van der Waals surface area contributed by atoms with Crippen LogP contribution in [-0.4, -0.2) is 78.3 Å². The monoisotopic (exact) mass is 536 g/mol. The van der Waals surface area contributed by atoms with Crippen LogP contribution in [-0.2, 0) is 40.5 Å². The number of hydrogen-bond donors (Lipinski definition) is 4. The average molecular weight is 536 g/mol. The van der Waals surface area contributed by atoms with E-state index in [0.717, 1.165) is 0 Å². The van der Waals surface area contributed by atoms with Gasteiger partial charge in [0.2, 0.25) is 0 Å². The summed E-state index contributed by atoms with van der Waals surface area (Å²) in [4.78, 5) is 0. The Hall–Kier alpha value is -0.920. The Kier molecular flexibility index (Phi) is 6.33. The standard InChI is InChI=1S/C5H4F8O12S4/c6-1(7,2(8,9)4(10,11)28(20,21)22)3(26(14,15)16,27(17,18)19)5(12,13)29(23,24)25/h(H,14,15,16)(H,17,18,19)(H,20,21,22)(H,23,24,25). The van der Waals surface area contributed by atoms with Crippen LogP contribution in [0.4, 0.5) is 35.1 Å². The molecule has 4 N–H and O–H groups in total. The average Bonchev–Trinajstić information content (AvgIpc) is 2.30. The van der Waals surface area contributed by atoms with Crippen LogP contribution < -0.4 is 0 Å². The molecular weight excluding hydrogens is 532 g/mol. The van der Waals surface area contributed by atoms with Gasteiger partial charge in [0.25, 0.3) is 0 Å². The number of hydrogen-bond acceptors (Lipinski definition) is 8. The molecule has 0 fully saturated rings. The molecule has 0 rings (SSSR count). The van der Waals surface area contributed by atoms with Gasteiger partial charge in [-0.15, -0.1) is 0 Å². The number of rotatable bonds is 8. The minimum absolute atomic E-state index is 7.76. The van der Waals surface area contributed by atoms with E-state index < -0.39 is 66.9 Å². The molecule has 0 aromatic carbocycles. The normalized spacial score (nSPS) is 16.7. The van der Waals surface area contributed by atoms with Crippen molar-refractivity contribution in [2.45, 2.75) is 26.4 Å². The molecule has 0 unspecified atom stereocenters. The zero-order valence-electron chi connectivity index (χ0n) is 12.2. The second-order valence-electron chi connectivity index (χ2n) is 4.70. The zero-order valence-corrected chi connectivity index (χ0v) is 15.5. The van der Waals surface area contributed by atoms with Crippen LogP contribution in [0, 0.1) is 0 Å². The highest BCUT2D eigenvalue weighted by atomic mass is 32.3. The fourth-order valence-corrected chi connectivity index (χ4v) is 6.41. The lowest BCUT2D eigenvalue weighted by Crippen LogP contribution is -2.78. The van der Waals surface area contributed by atoms with E-state index in [4.69, 9.17) is 18.2 Å². The van der Waals surface area contributed by atoms with E-state index >= 15 is 0 Å². The number of alkyl halides is 8. The summed E-state index contributed by atoms with van der Waals surface area (Å²) >= 11 is 0. The molecule has 0 amide bonds. The third kappa shape index (κ3) is 3.37. The maximum absolute atomic E-state index is 14.0. The smallest absolute Gasteiger partial charge is 0.284 e. The Morgan fingerprint density at radius 2 is 0.655 bits per heavy atom. The van der Waals surface area contributed by atoms with Gasteiger partial charge in [-0.1, -0.05) is 0 Å². The summed E-state index contributed by atoms with van der Waals surface area (Å²) in [7, 11) is -32.8. The van der Waals surface area contributed by atoms with Crippen molar-refractivity contribution in [1.29, 1.82) is 0 Å². The lowest BCUT2D eigenvalue weighted by Gasteiger charge is -2.41. The molecule has 0 aromatic heterocycles. The first kappa shape index (κ1) is 28.1. The van der Waals surface area contributed by atoms with Crippen molar-refractivity contribution in [3.05, 3.63) is 0 Å². The van der Waals surface area contributed by atoms with Gasteiger partial charge in [0.15, 0.2) is 0 Å². The molecule has 0 heterocycles. The summed E-state index contributed by atoms with van der Waals surface area (Å²) in [5, 5.41) is -15.6. The molecule has 0 saturated heterocycles.